The predicted octanol–water partition coefficient (Wildman–Crippen LogP) is 3.64. The Kier molecular flexibility index (Phi) is 5.64. The fourth-order valence-electron chi connectivity index (χ4n) is 2.71. The lowest BCUT2D eigenvalue weighted by molar-refractivity contribution is 0.0593. The third-order valence-electron chi connectivity index (χ3n) is 4.11. The van der Waals surface area contributed by atoms with E-state index in [-0.39, 0.29) is 28.3 Å². The summed E-state index contributed by atoms with van der Waals surface area (Å²) in [6.07, 6.45) is 1.22. The molecule has 0 atom stereocenters. The van der Waals surface area contributed by atoms with Crippen molar-refractivity contribution in [1.82, 2.24) is 4.57 Å². The number of hydrogen-bond acceptors (Lipinski definition) is 5. The number of amides is 2. The molecule has 0 unspecified atom stereocenters. The van der Waals surface area contributed by atoms with Crippen molar-refractivity contribution in [3.63, 3.8) is 0 Å². The van der Waals surface area contributed by atoms with E-state index in [2.05, 4.69) is 15.4 Å². The van der Waals surface area contributed by atoms with Crippen LogP contribution in [0, 0.1) is 23.0 Å². The van der Waals surface area contributed by atoms with E-state index in [0.29, 0.717) is 5.69 Å². The number of aromatic nitrogens is 1. The summed E-state index contributed by atoms with van der Waals surface area (Å²) in [7, 11) is 1.13. The molecule has 3 aromatic rings. The molecule has 8 nitrogen and oxygen atoms in total. The standard InChI is InChI=1S/C20H15F2N5O3/c1-30-19(28)18-17(24)11(9-23)10-27(18)16-7-6-14(8-15(16)22)26-20(29)25-13-4-2-12(21)3-5-13/h2-8,10H,24H2,1H3,(H2,25,26,29). The van der Waals surface area contributed by atoms with Crippen molar-refractivity contribution >= 4 is 29.1 Å². The molecule has 4 N–H and O–H groups in total. The van der Waals surface area contributed by atoms with Crippen LogP contribution in [0.5, 0.6) is 0 Å². The molecule has 2 aromatic carbocycles. The Bertz CT molecular complexity index is 1170. The minimum absolute atomic E-state index is 0.0179. The molecule has 3 rings (SSSR count). The molecule has 10 heteroatoms. The maximum absolute atomic E-state index is 14.7. The third kappa shape index (κ3) is 4.05. The minimum Gasteiger partial charge on any atom is -0.464 e. The van der Waals surface area contributed by atoms with Gasteiger partial charge in [0.05, 0.1) is 24.0 Å². The van der Waals surface area contributed by atoms with Crippen LogP contribution in [-0.4, -0.2) is 23.7 Å². The van der Waals surface area contributed by atoms with Crippen molar-refractivity contribution in [2.75, 3.05) is 23.5 Å². The zero-order valence-electron chi connectivity index (χ0n) is 15.6. The fourth-order valence-corrected chi connectivity index (χ4v) is 2.71. The van der Waals surface area contributed by atoms with E-state index in [9.17, 15) is 18.4 Å². The van der Waals surface area contributed by atoms with Crippen LogP contribution in [0.2, 0.25) is 0 Å². The summed E-state index contributed by atoms with van der Waals surface area (Å²) in [5.74, 6) is -2.08. The van der Waals surface area contributed by atoms with E-state index in [1.165, 1.54) is 42.6 Å². The van der Waals surface area contributed by atoms with Crippen LogP contribution < -0.4 is 16.4 Å². The number of nitrogen functional groups attached to an aromatic ring is 1. The van der Waals surface area contributed by atoms with Gasteiger partial charge < -0.3 is 25.7 Å². The second kappa shape index (κ2) is 8.32. The lowest BCUT2D eigenvalue weighted by Gasteiger charge is -2.12. The highest BCUT2D eigenvalue weighted by molar-refractivity contribution is 6.00. The van der Waals surface area contributed by atoms with E-state index >= 15 is 0 Å². The number of esters is 1. The Morgan fingerprint density at radius 1 is 1.10 bits per heavy atom. The number of anilines is 3. The van der Waals surface area contributed by atoms with Crippen molar-refractivity contribution in [3.8, 4) is 11.8 Å². The highest BCUT2D eigenvalue weighted by Gasteiger charge is 2.23. The van der Waals surface area contributed by atoms with Crippen LogP contribution >= 0.6 is 0 Å². The van der Waals surface area contributed by atoms with Gasteiger partial charge in [-0.25, -0.2) is 18.4 Å². The normalized spacial score (nSPS) is 10.2. The predicted molar refractivity (Wildman–Crippen MR) is 105 cm³/mol. The van der Waals surface area contributed by atoms with Gasteiger partial charge in [-0.3, -0.25) is 0 Å². The molecule has 0 fully saturated rings. The highest BCUT2D eigenvalue weighted by atomic mass is 19.1. The summed E-state index contributed by atoms with van der Waals surface area (Å²) in [5.41, 5.74) is 5.85. The zero-order valence-corrected chi connectivity index (χ0v) is 15.6. The maximum atomic E-state index is 14.7. The van der Waals surface area contributed by atoms with Gasteiger partial charge >= 0.3 is 12.0 Å². The van der Waals surface area contributed by atoms with Gasteiger partial charge in [-0.1, -0.05) is 0 Å². The molecule has 0 aliphatic carbocycles. The van der Waals surface area contributed by atoms with E-state index in [1.807, 2.05) is 6.07 Å². The number of halogens is 2. The molecule has 0 saturated heterocycles. The van der Waals surface area contributed by atoms with E-state index in [4.69, 9.17) is 11.0 Å². The van der Waals surface area contributed by atoms with E-state index in [0.717, 1.165) is 17.7 Å². The molecule has 2 amide bonds. The van der Waals surface area contributed by atoms with Gasteiger partial charge in [0.15, 0.2) is 5.69 Å². The Labute approximate surface area is 169 Å². The largest absolute Gasteiger partial charge is 0.464 e. The first-order chi connectivity index (χ1) is 14.3. The topological polar surface area (TPSA) is 122 Å². The molecular weight excluding hydrogens is 396 g/mol. The van der Waals surface area contributed by atoms with Crippen molar-refractivity contribution in [3.05, 3.63) is 71.6 Å². The number of hydrogen-bond donors (Lipinski definition) is 3. The number of nitriles is 1. The van der Waals surface area contributed by atoms with Gasteiger partial charge in [0.2, 0.25) is 0 Å². The quantitative estimate of drug-likeness (QED) is 0.566. The molecule has 0 aliphatic rings. The van der Waals surface area contributed by atoms with Crippen LogP contribution in [0.1, 0.15) is 16.1 Å². The Hall–Kier alpha value is -4.39. The number of ether oxygens (including phenoxy) is 1. The lowest BCUT2D eigenvalue weighted by Crippen LogP contribution is -2.19. The van der Waals surface area contributed by atoms with Crippen molar-refractivity contribution < 1.29 is 23.1 Å². The fraction of sp³-hybridized carbons (Fsp3) is 0.0500. The maximum Gasteiger partial charge on any atom is 0.357 e. The van der Waals surface area contributed by atoms with Crippen molar-refractivity contribution in [2.24, 2.45) is 0 Å². The summed E-state index contributed by atoms with van der Waals surface area (Å²) in [6.45, 7) is 0. The zero-order chi connectivity index (χ0) is 21.8. The molecule has 30 heavy (non-hydrogen) atoms. The Morgan fingerprint density at radius 3 is 2.33 bits per heavy atom. The number of urea groups is 1. The van der Waals surface area contributed by atoms with Crippen LogP contribution in [0.4, 0.5) is 30.6 Å². The van der Waals surface area contributed by atoms with Crippen LogP contribution in [0.25, 0.3) is 5.69 Å². The number of benzene rings is 2. The highest BCUT2D eigenvalue weighted by Crippen LogP contribution is 2.27. The number of rotatable bonds is 4. The molecule has 1 heterocycles. The first-order valence-electron chi connectivity index (χ1n) is 8.46. The van der Waals surface area contributed by atoms with Gasteiger partial charge in [0.1, 0.15) is 17.7 Å². The molecule has 0 aliphatic heterocycles. The van der Waals surface area contributed by atoms with Gasteiger partial charge in [0.25, 0.3) is 0 Å². The molecule has 0 radical (unpaired) electrons. The third-order valence-corrected chi connectivity index (χ3v) is 4.11. The smallest absolute Gasteiger partial charge is 0.357 e. The second-order valence-electron chi connectivity index (χ2n) is 6.03. The number of nitrogens with zero attached hydrogens (tertiary/aromatic N) is 2. The molecule has 0 spiro atoms. The Morgan fingerprint density at radius 2 is 1.73 bits per heavy atom. The summed E-state index contributed by atoms with van der Waals surface area (Å²) in [4.78, 5) is 24.1. The van der Waals surface area contributed by atoms with Crippen LogP contribution in [0.3, 0.4) is 0 Å². The van der Waals surface area contributed by atoms with Crippen LogP contribution in [-0.2, 0) is 4.74 Å². The van der Waals surface area contributed by atoms with Crippen LogP contribution in [0.15, 0.2) is 48.7 Å². The molecule has 0 bridgehead atoms. The first-order valence-corrected chi connectivity index (χ1v) is 8.46. The minimum atomic E-state index is -0.839. The number of methoxy groups -OCH3 is 1. The summed E-state index contributed by atoms with van der Waals surface area (Å²) in [6, 6.07) is 9.99. The molecule has 1 aromatic heterocycles. The number of carbonyl (C=O) groups excluding carboxylic acids is 2. The average molecular weight is 411 g/mol. The number of nitrogens with two attached hydrogens (primary N) is 1. The average Bonchev–Trinajstić information content (AvgIpc) is 3.05. The van der Waals surface area contributed by atoms with E-state index in [1.54, 1.807) is 0 Å². The molecular formula is C20H15F2N5O3. The summed E-state index contributed by atoms with van der Waals surface area (Å²) >= 11 is 0. The summed E-state index contributed by atoms with van der Waals surface area (Å²) < 4.78 is 33.4. The van der Waals surface area contributed by atoms with Crippen molar-refractivity contribution in [1.29, 1.82) is 5.26 Å². The first kappa shape index (κ1) is 20.3. The van der Waals surface area contributed by atoms with Crippen molar-refractivity contribution in [2.45, 2.75) is 0 Å². The monoisotopic (exact) mass is 411 g/mol. The van der Waals surface area contributed by atoms with Gasteiger partial charge in [-0.05, 0) is 42.5 Å². The van der Waals surface area contributed by atoms with E-state index < -0.39 is 23.6 Å². The lowest BCUT2D eigenvalue weighted by atomic mass is 10.2. The second-order valence-corrected chi connectivity index (χ2v) is 6.03. The summed E-state index contributed by atoms with van der Waals surface area (Å²) in [5, 5.41) is 14.1. The SMILES string of the molecule is COC(=O)c1c(N)c(C#N)cn1-c1ccc(NC(=O)Nc2ccc(F)cc2)cc1F. The number of carbonyl (C=O) groups is 2. The Balaban J connectivity index is 1.86. The van der Waals surface area contributed by atoms with Gasteiger partial charge in [-0.15, -0.1) is 0 Å². The molecule has 152 valence electrons. The molecule has 0 saturated carbocycles. The van der Waals surface area contributed by atoms with Gasteiger partial charge in [0, 0.05) is 17.6 Å². The van der Waals surface area contributed by atoms with Gasteiger partial charge in [-0.2, -0.15) is 5.26 Å². The number of nitrogens with one attached hydrogen (secondary N) is 2.